The second kappa shape index (κ2) is 11.1. The van der Waals surface area contributed by atoms with Crippen molar-refractivity contribution in [2.24, 2.45) is 11.8 Å². The van der Waals surface area contributed by atoms with Crippen molar-refractivity contribution < 1.29 is 14.3 Å². The standard InChI is InChI=1S/C22H35N3O3/c1-5-28-19-8-9-20(18(4)13-19)24-22(27)21(26)23-10-6-7-11-25-14-16(2)12-17(3)15-25/h8-9,13,16-17H,5-7,10-12,14-15H2,1-4H3,(H,23,26)(H,24,27). The fraction of sp³-hybridized carbons (Fsp3) is 0.636. The summed E-state index contributed by atoms with van der Waals surface area (Å²) < 4.78 is 5.43. The predicted octanol–water partition coefficient (Wildman–Crippen LogP) is 3.21. The van der Waals surface area contributed by atoms with Gasteiger partial charge in [-0.25, -0.2) is 0 Å². The van der Waals surface area contributed by atoms with Crippen molar-refractivity contribution in [2.75, 3.05) is 38.1 Å². The number of hydrogen-bond acceptors (Lipinski definition) is 4. The number of ether oxygens (including phenoxy) is 1. The molecule has 2 atom stereocenters. The Labute approximate surface area is 169 Å². The highest BCUT2D eigenvalue weighted by atomic mass is 16.5. The van der Waals surface area contributed by atoms with E-state index in [1.54, 1.807) is 12.1 Å². The number of piperidine rings is 1. The molecule has 1 aromatic rings. The third-order valence-electron chi connectivity index (χ3n) is 5.09. The fourth-order valence-corrected chi connectivity index (χ4v) is 3.93. The summed E-state index contributed by atoms with van der Waals surface area (Å²) in [6.07, 6.45) is 3.22. The Morgan fingerprint density at radius 1 is 1.14 bits per heavy atom. The van der Waals surface area contributed by atoms with Crippen LogP contribution in [0.2, 0.25) is 0 Å². The van der Waals surface area contributed by atoms with Crippen LogP contribution >= 0.6 is 0 Å². The average Bonchev–Trinajstić information content (AvgIpc) is 2.63. The van der Waals surface area contributed by atoms with Gasteiger partial charge >= 0.3 is 11.8 Å². The molecule has 1 fully saturated rings. The van der Waals surface area contributed by atoms with Gasteiger partial charge in [0.05, 0.1) is 6.61 Å². The molecule has 1 aliphatic heterocycles. The molecule has 2 unspecified atom stereocenters. The highest BCUT2D eigenvalue weighted by Gasteiger charge is 2.21. The van der Waals surface area contributed by atoms with Crippen LogP contribution in [-0.2, 0) is 9.59 Å². The van der Waals surface area contributed by atoms with Gasteiger partial charge in [0.15, 0.2) is 0 Å². The number of carbonyl (C=O) groups excluding carboxylic acids is 2. The molecule has 0 radical (unpaired) electrons. The van der Waals surface area contributed by atoms with Gasteiger partial charge in [0.25, 0.3) is 0 Å². The Kier molecular flexibility index (Phi) is 8.77. The van der Waals surface area contributed by atoms with Crippen LogP contribution < -0.4 is 15.4 Å². The first kappa shape index (κ1) is 22.2. The maximum atomic E-state index is 12.1. The van der Waals surface area contributed by atoms with Crippen molar-refractivity contribution in [3.8, 4) is 5.75 Å². The zero-order chi connectivity index (χ0) is 20.5. The Hall–Kier alpha value is -2.08. The normalized spacial score (nSPS) is 19.9. The molecule has 156 valence electrons. The number of aryl methyl sites for hydroxylation is 1. The topological polar surface area (TPSA) is 70.7 Å². The summed E-state index contributed by atoms with van der Waals surface area (Å²) in [5.41, 5.74) is 1.48. The van der Waals surface area contributed by atoms with E-state index < -0.39 is 11.8 Å². The summed E-state index contributed by atoms with van der Waals surface area (Å²) in [6, 6.07) is 5.39. The van der Waals surface area contributed by atoms with Crippen LogP contribution in [0, 0.1) is 18.8 Å². The van der Waals surface area contributed by atoms with Crippen molar-refractivity contribution in [2.45, 2.75) is 47.0 Å². The minimum absolute atomic E-state index is 0.521. The second-order valence-corrected chi connectivity index (χ2v) is 8.03. The Morgan fingerprint density at radius 3 is 2.50 bits per heavy atom. The molecule has 1 aromatic carbocycles. The van der Waals surface area contributed by atoms with E-state index in [1.807, 2.05) is 19.9 Å². The third-order valence-corrected chi connectivity index (χ3v) is 5.09. The molecule has 1 saturated heterocycles. The van der Waals surface area contributed by atoms with Crippen molar-refractivity contribution in [3.63, 3.8) is 0 Å². The van der Waals surface area contributed by atoms with Crippen LogP contribution in [-0.4, -0.2) is 49.5 Å². The SMILES string of the molecule is CCOc1ccc(NC(=O)C(=O)NCCCCN2CC(C)CC(C)C2)c(C)c1. The maximum absolute atomic E-state index is 12.1. The van der Waals surface area contributed by atoms with Crippen LogP contribution in [0.25, 0.3) is 0 Å². The number of anilines is 1. The number of unbranched alkanes of at least 4 members (excludes halogenated alkanes) is 1. The molecule has 28 heavy (non-hydrogen) atoms. The molecule has 6 nitrogen and oxygen atoms in total. The Bertz CT molecular complexity index is 652. The van der Waals surface area contributed by atoms with Crippen molar-refractivity contribution in [3.05, 3.63) is 23.8 Å². The number of amides is 2. The van der Waals surface area contributed by atoms with E-state index in [1.165, 1.54) is 19.5 Å². The first-order valence-corrected chi connectivity index (χ1v) is 10.4. The molecule has 0 aliphatic carbocycles. The lowest BCUT2D eigenvalue weighted by atomic mass is 9.92. The molecule has 1 heterocycles. The van der Waals surface area contributed by atoms with E-state index in [0.29, 0.717) is 18.8 Å². The van der Waals surface area contributed by atoms with Gasteiger partial charge in [0, 0.05) is 25.3 Å². The predicted molar refractivity (Wildman–Crippen MR) is 113 cm³/mol. The molecular weight excluding hydrogens is 354 g/mol. The van der Waals surface area contributed by atoms with Gasteiger partial charge in [0.1, 0.15) is 5.75 Å². The number of carbonyl (C=O) groups is 2. The van der Waals surface area contributed by atoms with Crippen LogP contribution in [0.1, 0.15) is 45.6 Å². The minimum Gasteiger partial charge on any atom is -0.494 e. The van der Waals surface area contributed by atoms with Crippen LogP contribution in [0.5, 0.6) is 5.75 Å². The summed E-state index contributed by atoms with van der Waals surface area (Å²) in [6.45, 7) is 12.9. The fourth-order valence-electron chi connectivity index (χ4n) is 3.93. The van der Waals surface area contributed by atoms with Gasteiger partial charge in [-0.2, -0.15) is 0 Å². The molecule has 0 aromatic heterocycles. The van der Waals surface area contributed by atoms with Crippen molar-refractivity contribution >= 4 is 17.5 Å². The average molecular weight is 390 g/mol. The van der Waals surface area contributed by atoms with Gasteiger partial charge in [-0.3, -0.25) is 9.59 Å². The lowest BCUT2D eigenvalue weighted by Gasteiger charge is -2.34. The van der Waals surface area contributed by atoms with Crippen molar-refractivity contribution in [1.29, 1.82) is 0 Å². The summed E-state index contributed by atoms with van der Waals surface area (Å²) >= 11 is 0. The number of nitrogens with one attached hydrogen (secondary N) is 2. The number of benzene rings is 1. The summed E-state index contributed by atoms with van der Waals surface area (Å²) in [5.74, 6) is 1.05. The minimum atomic E-state index is -0.633. The molecule has 2 N–H and O–H groups in total. The second-order valence-electron chi connectivity index (χ2n) is 8.03. The molecule has 0 saturated carbocycles. The smallest absolute Gasteiger partial charge is 0.313 e. The quantitative estimate of drug-likeness (QED) is 0.529. The third kappa shape index (κ3) is 7.15. The monoisotopic (exact) mass is 389 g/mol. The molecule has 6 heteroatoms. The summed E-state index contributed by atoms with van der Waals surface area (Å²) in [4.78, 5) is 26.6. The van der Waals surface area contributed by atoms with Gasteiger partial charge in [0.2, 0.25) is 0 Å². The molecule has 0 bridgehead atoms. The lowest BCUT2D eigenvalue weighted by molar-refractivity contribution is -0.136. The van der Waals surface area contributed by atoms with Gasteiger partial charge in [-0.15, -0.1) is 0 Å². The molecular formula is C22H35N3O3. The van der Waals surface area contributed by atoms with Crippen molar-refractivity contribution in [1.82, 2.24) is 10.2 Å². The van der Waals surface area contributed by atoms with E-state index in [-0.39, 0.29) is 0 Å². The maximum Gasteiger partial charge on any atom is 0.313 e. The van der Waals surface area contributed by atoms with E-state index in [0.717, 1.165) is 42.5 Å². The van der Waals surface area contributed by atoms with Gasteiger partial charge in [-0.05, 0) is 75.3 Å². The molecule has 0 spiro atoms. The van der Waals surface area contributed by atoms with E-state index in [9.17, 15) is 9.59 Å². The highest BCUT2D eigenvalue weighted by Crippen LogP contribution is 2.22. The first-order valence-electron chi connectivity index (χ1n) is 10.4. The number of likely N-dealkylation sites (tertiary alicyclic amines) is 1. The Morgan fingerprint density at radius 2 is 1.86 bits per heavy atom. The molecule has 2 rings (SSSR count). The lowest BCUT2D eigenvalue weighted by Crippen LogP contribution is -2.39. The zero-order valence-corrected chi connectivity index (χ0v) is 17.7. The summed E-state index contributed by atoms with van der Waals surface area (Å²) in [7, 11) is 0. The van der Waals surface area contributed by atoms with Crippen LogP contribution in [0.15, 0.2) is 18.2 Å². The van der Waals surface area contributed by atoms with Gasteiger partial charge < -0.3 is 20.3 Å². The van der Waals surface area contributed by atoms with E-state index in [2.05, 4.69) is 29.4 Å². The van der Waals surface area contributed by atoms with Crippen LogP contribution in [0.4, 0.5) is 5.69 Å². The number of hydrogen-bond donors (Lipinski definition) is 2. The van der Waals surface area contributed by atoms with Gasteiger partial charge in [-0.1, -0.05) is 13.8 Å². The Balaban J connectivity index is 1.66. The highest BCUT2D eigenvalue weighted by molar-refractivity contribution is 6.39. The number of nitrogens with zero attached hydrogens (tertiary/aromatic N) is 1. The first-order chi connectivity index (χ1) is 13.4. The molecule has 1 aliphatic rings. The number of rotatable bonds is 8. The zero-order valence-electron chi connectivity index (χ0n) is 17.7. The van der Waals surface area contributed by atoms with E-state index >= 15 is 0 Å². The molecule has 2 amide bonds. The summed E-state index contributed by atoms with van der Waals surface area (Å²) in [5, 5.41) is 5.38. The van der Waals surface area contributed by atoms with Crippen LogP contribution in [0.3, 0.4) is 0 Å². The van der Waals surface area contributed by atoms with E-state index in [4.69, 9.17) is 4.74 Å². The largest absolute Gasteiger partial charge is 0.494 e.